The van der Waals surface area contributed by atoms with Crippen LogP contribution in [0.2, 0.25) is 0 Å². The average molecular weight is 329 g/mol. The van der Waals surface area contributed by atoms with Crippen LogP contribution in [-0.4, -0.2) is 23.0 Å². The van der Waals surface area contributed by atoms with Crippen LogP contribution in [0.4, 0.5) is 5.69 Å². The van der Waals surface area contributed by atoms with Crippen molar-refractivity contribution in [3.8, 4) is 0 Å². The van der Waals surface area contributed by atoms with E-state index in [2.05, 4.69) is 21.2 Å². The van der Waals surface area contributed by atoms with E-state index in [0.717, 1.165) is 0 Å². The maximum absolute atomic E-state index is 12.0. The first-order valence-corrected chi connectivity index (χ1v) is 6.51. The van der Waals surface area contributed by atoms with Crippen molar-refractivity contribution in [2.24, 2.45) is 11.1 Å². The molecule has 1 aromatic rings. The maximum atomic E-state index is 12.0. The van der Waals surface area contributed by atoms with Gasteiger partial charge in [0.2, 0.25) is 5.91 Å². The van der Waals surface area contributed by atoms with Gasteiger partial charge in [0.1, 0.15) is 0 Å². The van der Waals surface area contributed by atoms with E-state index in [0.29, 0.717) is 10.2 Å². The number of hydrogen-bond acceptors (Lipinski definition) is 3. The Morgan fingerprint density at radius 2 is 1.95 bits per heavy atom. The smallest absolute Gasteiger partial charge is 0.335 e. The van der Waals surface area contributed by atoms with Gasteiger partial charge in [-0.3, -0.25) is 4.79 Å². The van der Waals surface area contributed by atoms with Gasteiger partial charge in [-0.1, -0.05) is 20.8 Å². The zero-order chi connectivity index (χ0) is 14.8. The second-order valence-electron chi connectivity index (χ2n) is 5.33. The molecule has 0 saturated heterocycles. The minimum absolute atomic E-state index is 0.144. The Morgan fingerprint density at radius 1 is 1.37 bits per heavy atom. The summed E-state index contributed by atoms with van der Waals surface area (Å²) in [5.41, 5.74) is 6.14. The van der Waals surface area contributed by atoms with Crippen molar-refractivity contribution in [1.82, 2.24) is 0 Å². The van der Waals surface area contributed by atoms with Crippen LogP contribution in [-0.2, 0) is 4.79 Å². The first-order chi connectivity index (χ1) is 8.62. The molecule has 5 nitrogen and oxygen atoms in total. The molecule has 0 saturated carbocycles. The van der Waals surface area contributed by atoms with Crippen LogP contribution in [0.15, 0.2) is 22.7 Å². The molecule has 1 rings (SSSR count). The first-order valence-electron chi connectivity index (χ1n) is 5.72. The molecule has 19 heavy (non-hydrogen) atoms. The first kappa shape index (κ1) is 15.7. The van der Waals surface area contributed by atoms with Crippen molar-refractivity contribution in [3.05, 3.63) is 28.2 Å². The maximum Gasteiger partial charge on any atom is 0.335 e. The number of carboxylic acid groups (broad SMARTS) is 1. The standard InChI is InChI=1S/C13H17BrN2O3/c1-13(2,3)10(15)11(17)16-9-5-4-7(12(18)19)6-8(9)14/h4-6,10H,15H2,1-3H3,(H,16,17)(H,18,19). The number of anilines is 1. The Bertz CT molecular complexity index is 509. The fourth-order valence-electron chi connectivity index (χ4n) is 1.35. The molecular weight excluding hydrogens is 312 g/mol. The van der Waals surface area contributed by atoms with Crippen molar-refractivity contribution < 1.29 is 14.7 Å². The molecule has 0 aromatic heterocycles. The fraction of sp³-hybridized carbons (Fsp3) is 0.385. The summed E-state index contributed by atoms with van der Waals surface area (Å²) >= 11 is 3.22. The van der Waals surface area contributed by atoms with Crippen molar-refractivity contribution in [1.29, 1.82) is 0 Å². The second kappa shape index (κ2) is 5.71. The van der Waals surface area contributed by atoms with E-state index >= 15 is 0 Å². The molecule has 0 heterocycles. The summed E-state index contributed by atoms with van der Waals surface area (Å²) in [7, 11) is 0. The molecule has 0 aliphatic carbocycles. The summed E-state index contributed by atoms with van der Waals surface area (Å²) in [6.45, 7) is 5.62. The Kier molecular flexibility index (Phi) is 4.70. The van der Waals surface area contributed by atoms with E-state index in [9.17, 15) is 9.59 Å². The number of nitrogens with one attached hydrogen (secondary N) is 1. The lowest BCUT2D eigenvalue weighted by Crippen LogP contribution is -2.45. The van der Waals surface area contributed by atoms with Gasteiger partial charge in [-0.15, -0.1) is 0 Å². The number of amides is 1. The molecule has 1 unspecified atom stereocenters. The number of carbonyl (C=O) groups is 2. The Hall–Kier alpha value is -1.40. The van der Waals surface area contributed by atoms with Gasteiger partial charge in [0.25, 0.3) is 0 Å². The normalized spacial score (nSPS) is 12.9. The molecule has 0 fully saturated rings. The number of carboxylic acids is 1. The van der Waals surface area contributed by atoms with Gasteiger partial charge in [-0.2, -0.15) is 0 Å². The summed E-state index contributed by atoms with van der Waals surface area (Å²) in [5, 5.41) is 11.5. The predicted molar refractivity (Wildman–Crippen MR) is 77.2 cm³/mol. The number of benzene rings is 1. The van der Waals surface area contributed by atoms with E-state index in [1.54, 1.807) is 0 Å². The minimum atomic E-state index is -1.02. The van der Waals surface area contributed by atoms with Crippen LogP contribution in [0, 0.1) is 5.41 Å². The van der Waals surface area contributed by atoms with Gasteiger partial charge in [-0.05, 0) is 39.5 Å². The Labute approximate surface area is 120 Å². The molecule has 1 atom stereocenters. The van der Waals surface area contributed by atoms with Crippen LogP contribution in [0.1, 0.15) is 31.1 Å². The lowest BCUT2D eigenvalue weighted by atomic mass is 9.87. The van der Waals surface area contributed by atoms with Gasteiger partial charge in [0.15, 0.2) is 0 Å². The zero-order valence-electron chi connectivity index (χ0n) is 11.0. The van der Waals surface area contributed by atoms with Gasteiger partial charge >= 0.3 is 5.97 Å². The Balaban J connectivity index is 2.89. The summed E-state index contributed by atoms with van der Waals surface area (Å²) in [4.78, 5) is 22.8. The Morgan fingerprint density at radius 3 is 2.37 bits per heavy atom. The highest BCUT2D eigenvalue weighted by molar-refractivity contribution is 9.10. The number of hydrogen-bond donors (Lipinski definition) is 3. The third-order valence-corrected chi connectivity index (χ3v) is 3.35. The van der Waals surface area contributed by atoms with Crippen LogP contribution < -0.4 is 11.1 Å². The number of aromatic carboxylic acids is 1. The fourth-order valence-corrected chi connectivity index (χ4v) is 1.83. The van der Waals surface area contributed by atoms with E-state index in [-0.39, 0.29) is 16.9 Å². The number of halogens is 1. The van der Waals surface area contributed by atoms with Gasteiger partial charge in [0.05, 0.1) is 17.3 Å². The van der Waals surface area contributed by atoms with E-state index in [1.165, 1.54) is 18.2 Å². The minimum Gasteiger partial charge on any atom is -0.478 e. The quantitative estimate of drug-likeness (QED) is 0.794. The SMILES string of the molecule is CC(C)(C)C(N)C(=O)Nc1ccc(C(=O)O)cc1Br. The second-order valence-corrected chi connectivity index (χ2v) is 6.19. The summed E-state index contributed by atoms with van der Waals surface area (Å²) in [5.74, 6) is -1.33. The average Bonchev–Trinajstić information content (AvgIpc) is 2.29. The zero-order valence-corrected chi connectivity index (χ0v) is 12.6. The van der Waals surface area contributed by atoms with Crippen LogP contribution >= 0.6 is 15.9 Å². The van der Waals surface area contributed by atoms with Gasteiger partial charge in [0, 0.05) is 4.47 Å². The molecule has 1 amide bonds. The predicted octanol–water partition coefficient (Wildman–Crippen LogP) is 2.46. The van der Waals surface area contributed by atoms with Crippen molar-refractivity contribution in [2.75, 3.05) is 5.32 Å². The van der Waals surface area contributed by atoms with Crippen molar-refractivity contribution in [2.45, 2.75) is 26.8 Å². The molecule has 104 valence electrons. The molecule has 0 spiro atoms. The molecule has 0 bridgehead atoms. The molecule has 6 heteroatoms. The van der Waals surface area contributed by atoms with Crippen molar-refractivity contribution >= 4 is 33.5 Å². The molecular formula is C13H17BrN2O3. The van der Waals surface area contributed by atoms with Gasteiger partial charge in [-0.25, -0.2) is 4.79 Å². The van der Waals surface area contributed by atoms with Crippen LogP contribution in [0.5, 0.6) is 0 Å². The summed E-state index contributed by atoms with van der Waals surface area (Å²) in [6.07, 6.45) is 0. The summed E-state index contributed by atoms with van der Waals surface area (Å²) < 4.78 is 0.502. The van der Waals surface area contributed by atoms with E-state index < -0.39 is 12.0 Å². The summed E-state index contributed by atoms with van der Waals surface area (Å²) in [6, 6.07) is 3.73. The number of rotatable bonds is 3. The molecule has 1 aromatic carbocycles. The topological polar surface area (TPSA) is 92.4 Å². The molecule has 0 aliphatic rings. The van der Waals surface area contributed by atoms with Crippen LogP contribution in [0.3, 0.4) is 0 Å². The molecule has 4 N–H and O–H groups in total. The van der Waals surface area contributed by atoms with Crippen molar-refractivity contribution in [3.63, 3.8) is 0 Å². The third kappa shape index (κ3) is 4.04. The molecule has 0 radical (unpaired) electrons. The lowest BCUT2D eigenvalue weighted by Gasteiger charge is -2.26. The van der Waals surface area contributed by atoms with Crippen LogP contribution in [0.25, 0.3) is 0 Å². The monoisotopic (exact) mass is 328 g/mol. The number of carbonyl (C=O) groups excluding carboxylic acids is 1. The van der Waals surface area contributed by atoms with Gasteiger partial charge < -0.3 is 16.2 Å². The lowest BCUT2D eigenvalue weighted by molar-refractivity contribution is -0.119. The highest BCUT2D eigenvalue weighted by Gasteiger charge is 2.27. The largest absolute Gasteiger partial charge is 0.478 e. The number of nitrogens with two attached hydrogens (primary N) is 1. The molecule has 0 aliphatic heterocycles. The highest BCUT2D eigenvalue weighted by Crippen LogP contribution is 2.25. The van der Waals surface area contributed by atoms with E-state index in [4.69, 9.17) is 10.8 Å². The third-order valence-electron chi connectivity index (χ3n) is 2.69. The highest BCUT2D eigenvalue weighted by atomic mass is 79.9. The van der Waals surface area contributed by atoms with E-state index in [1.807, 2.05) is 20.8 Å².